The summed E-state index contributed by atoms with van der Waals surface area (Å²) < 4.78 is 0. The number of benzene rings is 1. The van der Waals surface area contributed by atoms with Gasteiger partial charge in [-0.15, -0.1) is 0 Å². The van der Waals surface area contributed by atoms with Crippen molar-refractivity contribution in [1.29, 1.82) is 15.8 Å². The van der Waals surface area contributed by atoms with Crippen LogP contribution >= 0.6 is 0 Å². The molecule has 0 amide bonds. The summed E-state index contributed by atoms with van der Waals surface area (Å²) in [5.41, 5.74) is 9.35. The Bertz CT molecular complexity index is 926. The highest BCUT2D eigenvalue weighted by atomic mass is 15.2. The summed E-state index contributed by atoms with van der Waals surface area (Å²) in [5, 5.41) is 27.9. The van der Waals surface area contributed by atoms with Crippen LogP contribution in [-0.4, -0.2) is 6.54 Å². The number of H-pyrrole nitrogens is 1. The highest BCUT2D eigenvalue weighted by Crippen LogP contribution is 2.28. The van der Waals surface area contributed by atoms with Crippen LogP contribution in [0.15, 0.2) is 24.3 Å². The third kappa shape index (κ3) is 2.49. The van der Waals surface area contributed by atoms with E-state index in [1.807, 2.05) is 29.2 Å². The fourth-order valence-electron chi connectivity index (χ4n) is 3.11. The molecule has 6 heteroatoms. The SMILES string of the molecule is N#CCc1c(C#N)c(N)[nH+]c(N2CCc3ccccc3C2)c1C#N. The first-order chi connectivity index (χ1) is 11.7. The maximum Gasteiger partial charge on any atom is 0.240 e. The van der Waals surface area contributed by atoms with Crippen molar-refractivity contribution in [2.24, 2.45) is 0 Å². The molecule has 0 fully saturated rings. The van der Waals surface area contributed by atoms with Crippen molar-refractivity contribution < 1.29 is 4.98 Å². The van der Waals surface area contributed by atoms with E-state index in [-0.39, 0.29) is 17.8 Å². The van der Waals surface area contributed by atoms with E-state index in [0.29, 0.717) is 23.5 Å². The summed E-state index contributed by atoms with van der Waals surface area (Å²) >= 11 is 0. The summed E-state index contributed by atoms with van der Waals surface area (Å²) in [5.74, 6) is 0.768. The maximum atomic E-state index is 9.61. The summed E-state index contributed by atoms with van der Waals surface area (Å²) in [6, 6.07) is 14.3. The molecule has 2 heterocycles. The topological polar surface area (TPSA) is 115 Å². The molecule has 1 aromatic carbocycles. The van der Waals surface area contributed by atoms with Gasteiger partial charge in [-0.05, 0) is 11.1 Å². The van der Waals surface area contributed by atoms with Crippen LogP contribution in [0.5, 0.6) is 0 Å². The van der Waals surface area contributed by atoms with Crippen molar-refractivity contribution >= 4 is 11.6 Å². The number of fused-ring (bicyclic) bond motifs is 1. The highest BCUT2D eigenvalue weighted by Gasteiger charge is 2.28. The molecular weight excluding hydrogens is 300 g/mol. The number of nitrogens with two attached hydrogens (primary N) is 1. The number of aromatic amines is 1. The number of hydrogen-bond donors (Lipinski definition) is 1. The van der Waals surface area contributed by atoms with Crippen LogP contribution in [0.25, 0.3) is 0 Å². The minimum atomic E-state index is -0.0257. The minimum Gasteiger partial charge on any atom is -0.318 e. The fourth-order valence-corrected chi connectivity index (χ4v) is 3.11. The minimum absolute atomic E-state index is 0.0257. The summed E-state index contributed by atoms with van der Waals surface area (Å²) in [7, 11) is 0. The normalized spacial score (nSPS) is 12.6. The van der Waals surface area contributed by atoms with E-state index in [2.05, 4.69) is 23.2 Å². The van der Waals surface area contributed by atoms with Crippen LogP contribution < -0.4 is 15.6 Å². The van der Waals surface area contributed by atoms with Gasteiger partial charge in [-0.3, -0.25) is 4.90 Å². The van der Waals surface area contributed by atoms with Gasteiger partial charge in [0.25, 0.3) is 0 Å². The monoisotopic (exact) mass is 315 g/mol. The first-order valence-corrected chi connectivity index (χ1v) is 7.56. The van der Waals surface area contributed by atoms with Crippen LogP contribution in [0.3, 0.4) is 0 Å². The summed E-state index contributed by atoms with van der Waals surface area (Å²) in [6.07, 6.45) is 0.838. The van der Waals surface area contributed by atoms with E-state index in [4.69, 9.17) is 11.0 Å². The Morgan fingerprint density at radius 1 is 1.08 bits per heavy atom. The molecule has 2 aromatic rings. The van der Waals surface area contributed by atoms with Gasteiger partial charge in [-0.2, -0.15) is 15.8 Å². The zero-order chi connectivity index (χ0) is 17.1. The first kappa shape index (κ1) is 15.3. The van der Waals surface area contributed by atoms with E-state index in [9.17, 15) is 10.5 Å². The van der Waals surface area contributed by atoms with Crippen molar-refractivity contribution in [3.8, 4) is 18.2 Å². The Morgan fingerprint density at radius 3 is 2.46 bits per heavy atom. The van der Waals surface area contributed by atoms with Crippen LogP contribution in [0, 0.1) is 34.0 Å². The van der Waals surface area contributed by atoms with Crippen molar-refractivity contribution in [2.75, 3.05) is 17.2 Å². The largest absolute Gasteiger partial charge is 0.318 e. The second-order valence-corrected chi connectivity index (χ2v) is 5.61. The Labute approximate surface area is 140 Å². The predicted molar refractivity (Wildman–Crippen MR) is 87.4 cm³/mol. The molecule has 1 aliphatic heterocycles. The molecule has 3 N–H and O–H groups in total. The molecular formula is C18H15N6+. The average molecular weight is 315 g/mol. The molecule has 116 valence electrons. The third-order valence-corrected chi connectivity index (χ3v) is 4.29. The van der Waals surface area contributed by atoms with E-state index < -0.39 is 0 Å². The number of nitrogens with one attached hydrogen (secondary N) is 1. The van der Waals surface area contributed by atoms with Crippen LogP contribution in [-0.2, 0) is 19.4 Å². The number of rotatable bonds is 2. The Morgan fingerprint density at radius 2 is 1.79 bits per heavy atom. The molecule has 3 rings (SSSR count). The number of nitrogen functional groups attached to an aromatic ring is 1. The van der Waals surface area contributed by atoms with Gasteiger partial charge < -0.3 is 5.73 Å². The Hall–Kier alpha value is -3.56. The lowest BCUT2D eigenvalue weighted by atomic mass is 9.97. The molecule has 0 bridgehead atoms. The van der Waals surface area contributed by atoms with E-state index in [0.717, 1.165) is 13.0 Å². The lowest BCUT2D eigenvalue weighted by molar-refractivity contribution is -0.347. The summed E-state index contributed by atoms with van der Waals surface area (Å²) in [6.45, 7) is 1.39. The van der Waals surface area contributed by atoms with E-state index >= 15 is 0 Å². The molecule has 0 atom stereocenters. The standard InChI is InChI=1S/C18H14N6/c19-7-5-14-15(9-20)17(22)23-18(16(14)10-21)24-8-6-12-3-1-2-4-13(12)11-24/h1-4H,5-6,8,11H2,(H2,22,23)/p+1. The smallest absolute Gasteiger partial charge is 0.240 e. The maximum absolute atomic E-state index is 9.61. The Balaban J connectivity index is 2.11. The molecule has 0 radical (unpaired) electrons. The molecule has 0 spiro atoms. The molecule has 6 nitrogen and oxygen atoms in total. The van der Waals surface area contributed by atoms with Crippen molar-refractivity contribution in [3.05, 3.63) is 52.1 Å². The van der Waals surface area contributed by atoms with Gasteiger partial charge in [0.05, 0.1) is 25.6 Å². The molecule has 0 saturated heterocycles. The zero-order valence-electron chi connectivity index (χ0n) is 13.0. The molecule has 0 saturated carbocycles. The lowest BCUT2D eigenvalue weighted by Crippen LogP contribution is -2.36. The number of hydrogen-bond acceptors (Lipinski definition) is 5. The zero-order valence-corrected chi connectivity index (χ0v) is 13.0. The number of nitrogens with zero attached hydrogens (tertiary/aromatic N) is 4. The molecule has 0 aliphatic carbocycles. The second kappa shape index (κ2) is 6.28. The van der Waals surface area contributed by atoms with Crippen molar-refractivity contribution in [3.63, 3.8) is 0 Å². The van der Waals surface area contributed by atoms with Crippen LogP contribution in [0.2, 0.25) is 0 Å². The number of nitriles is 3. The van der Waals surface area contributed by atoms with E-state index in [1.54, 1.807) is 0 Å². The second-order valence-electron chi connectivity index (χ2n) is 5.61. The Kier molecular flexibility index (Phi) is 4.01. The fraction of sp³-hybridized carbons (Fsp3) is 0.222. The predicted octanol–water partition coefficient (Wildman–Crippen LogP) is 1.46. The van der Waals surface area contributed by atoms with Crippen molar-refractivity contribution in [1.82, 2.24) is 0 Å². The van der Waals surface area contributed by atoms with E-state index in [1.165, 1.54) is 11.1 Å². The van der Waals surface area contributed by atoms with Gasteiger partial charge in [0.1, 0.15) is 23.3 Å². The lowest BCUT2D eigenvalue weighted by Gasteiger charge is -2.27. The quantitative estimate of drug-likeness (QED) is 0.900. The highest BCUT2D eigenvalue weighted by molar-refractivity contribution is 5.64. The number of aromatic nitrogens is 1. The molecule has 1 aromatic heterocycles. The van der Waals surface area contributed by atoms with Gasteiger partial charge in [-0.1, -0.05) is 24.3 Å². The first-order valence-electron chi connectivity index (χ1n) is 7.56. The van der Waals surface area contributed by atoms with Crippen LogP contribution in [0.4, 0.5) is 11.6 Å². The third-order valence-electron chi connectivity index (χ3n) is 4.29. The van der Waals surface area contributed by atoms with Gasteiger partial charge in [0.15, 0.2) is 0 Å². The van der Waals surface area contributed by atoms with Gasteiger partial charge in [0.2, 0.25) is 11.6 Å². The summed E-state index contributed by atoms with van der Waals surface area (Å²) in [4.78, 5) is 5.04. The van der Waals surface area contributed by atoms with Gasteiger partial charge in [-0.25, -0.2) is 4.98 Å². The van der Waals surface area contributed by atoms with Crippen LogP contribution in [0.1, 0.15) is 27.8 Å². The molecule has 0 unspecified atom stereocenters. The molecule has 24 heavy (non-hydrogen) atoms. The molecule has 1 aliphatic rings. The van der Waals surface area contributed by atoms with Gasteiger partial charge >= 0.3 is 0 Å². The number of pyridine rings is 1. The number of anilines is 2. The van der Waals surface area contributed by atoms with Crippen molar-refractivity contribution in [2.45, 2.75) is 19.4 Å². The average Bonchev–Trinajstić information content (AvgIpc) is 2.61. The van der Waals surface area contributed by atoms with Gasteiger partial charge in [0, 0.05) is 12.0 Å².